The van der Waals surface area contributed by atoms with E-state index in [9.17, 15) is 14.4 Å². The Balaban J connectivity index is 1.26. The molecule has 4 aliphatic rings. The third-order valence-corrected chi connectivity index (χ3v) is 6.70. The van der Waals surface area contributed by atoms with E-state index in [4.69, 9.17) is 9.47 Å². The van der Waals surface area contributed by atoms with Gasteiger partial charge < -0.3 is 24.6 Å². The number of ether oxygens (including phenoxy) is 2. The summed E-state index contributed by atoms with van der Waals surface area (Å²) in [4.78, 5) is 42.3. The molecule has 5 rings (SSSR count). The van der Waals surface area contributed by atoms with Gasteiger partial charge in [0.15, 0.2) is 0 Å². The van der Waals surface area contributed by atoms with E-state index in [0.717, 1.165) is 6.61 Å². The fourth-order valence-electron chi connectivity index (χ4n) is 4.80. The first-order chi connectivity index (χ1) is 14.5. The van der Waals surface area contributed by atoms with Gasteiger partial charge in [-0.3, -0.25) is 14.4 Å². The molecule has 3 amide bonds. The van der Waals surface area contributed by atoms with E-state index in [2.05, 4.69) is 5.32 Å². The van der Waals surface area contributed by atoms with Crippen molar-refractivity contribution in [1.29, 1.82) is 0 Å². The van der Waals surface area contributed by atoms with Crippen molar-refractivity contribution in [2.75, 3.05) is 26.8 Å². The first-order valence-electron chi connectivity index (χ1n) is 10.7. The first-order valence-corrected chi connectivity index (χ1v) is 10.7. The smallest absolute Gasteiger partial charge is 0.251 e. The molecular formula is C22H27N3O5. The quantitative estimate of drug-likeness (QED) is 0.746. The molecule has 4 atom stereocenters. The normalized spacial score (nSPS) is 30.3. The fourth-order valence-corrected chi connectivity index (χ4v) is 4.80. The van der Waals surface area contributed by atoms with Gasteiger partial charge >= 0.3 is 0 Å². The number of nitrogens with one attached hydrogen (secondary N) is 1. The van der Waals surface area contributed by atoms with E-state index < -0.39 is 12.1 Å². The number of fused-ring (bicyclic) bond motifs is 2. The molecule has 1 aromatic carbocycles. The predicted molar refractivity (Wildman–Crippen MR) is 107 cm³/mol. The molecule has 1 saturated carbocycles. The number of rotatable bonds is 6. The minimum atomic E-state index is -0.627. The summed E-state index contributed by atoms with van der Waals surface area (Å²) in [5, 5.41) is 2.97. The van der Waals surface area contributed by atoms with Crippen molar-refractivity contribution >= 4 is 17.7 Å². The van der Waals surface area contributed by atoms with Gasteiger partial charge in [-0.25, -0.2) is 0 Å². The molecule has 0 bridgehead atoms. The molecule has 8 nitrogen and oxygen atoms in total. The van der Waals surface area contributed by atoms with Gasteiger partial charge in [0.25, 0.3) is 5.91 Å². The molecule has 1 N–H and O–H groups in total. The van der Waals surface area contributed by atoms with Crippen LogP contribution in [0.4, 0.5) is 0 Å². The van der Waals surface area contributed by atoms with Crippen LogP contribution in [0, 0.1) is 5.92 Å². The summed E-state index contributed by atoms with van der Waals surface area (Å²) in [6.07, 6.45) is 3.50. The van der Waals surface area contributed by atoms with Gasteiger partial charge in [0.1, 0.15) is 17.8 Å². The van der Waals surface area contributed by atoms with Crippen LogP contribution in [-0.2, 0) is 14.3 Å². The molecule has 8 heteroatoms. The molecule has 3 saturated heterocycles. The molecule has 0 aromatic heterocycles. The first kappa shape index (κ1) is 19.4. The van der Waals surface area contributed by atoms with Crippen LogP contribution in [-0.4, -0.2) is 78.6 Å². The lowest BCUT2D eigenvalue weighted by Gasteiger charge is -2.40. The molecule has 1 aromatic rings. The van der Waals surface area contributed by atoms with Crippen LogP contribution in [0.2, 0.25) is 0 Å². The van der Waals surface area contributed by atoms with Crippen LogP contribution < -0.4 is 10.1 Å². The number of amides is 3. The minimum absolute atomic E-state index is 0.0154. The van der Waals surface area contributed by atoms with Crippen LogP contribution in [0.5, 0.6) is 5.75 Å². The number of carbonyl (C=O) groups is 3. The van der Waals surface area contributed by atoms with E-state index >= 15 is 0 Å². The second-order valence-corrected chi connectivity index (χ2v) is 8.71. The second kappa shape index (κ2) is 7.58. The average molecular weight is 413 g/mol. The third kappa shape index (κ3) is 3.43. The van der Waals surface area contributed by atoms with Crippen molar-refractivity contribution < 1.29 is 23.9 Å². The van der Waals surface area contributed by atoms with Crippen LogP contribution in [0.1, 0.15) is 36.0 Å². The molecule has 1 aliphatic carbocycles. The van der Waals surface area contributed by atoms with Crippen LogP contribution in [0.3, 0.4) is 0 Å². The Bertz CT molecular complexity index is 853. The molecule has 3 aliphatic heterocycles. The van der Waals surface area contributed by atoms with Gasteiger partial charge in [-0.05, 0) is 49.4 Å². The molecule has 160 valence electrons. The van der Waals surface area contributed by atoms with Crippen molar-refractivity contribution in [2.45, 2.75) is 49.9 Å². The largest absolute Gasteiger partial charge is 0.497 e. The van der Waals surface area contributed by atoms with Crippen LogP contribution in [0.25, 0.3) is 0 Å². The second-order valence-electron chi connectivity index (χ2n) is 8.71. The van der Waals surface area contributed by atoms with E-state index in [1.165, 1.54) is 12.8 Å². The lowest BCUT2D eigenvalue weighted by atomic mass is 10.0. The third-order valence-electron chi connectivity index (χ3n) is 6.70. The van der Waals surface area contributed by atoms with Crippen molar-refractivity contribution in [3.8, 4) is 5.75 Å². The molecule has 30 heavy (non-hydrogen) atoms. The number of benzene rings is 1. The highest BCUT2D eigenvalue weighted by Crippen LogP contribution is 2.35. The number of piperazine rings is 1. The van der Waals surface area contributed by atoms with Gasteiger partial charge in [0, 0.05) is 31.7 Å². The highest BCUT2D eigenvalue weighted by atomic mass is 16.5. The maximum absolute atomic E-state index is 13.3. The zero-order valence-corrected chi connectivity index (χ0v) is 17.1. The lowest BCUT2D eigenvalue weighted by Crippen LogP contribution is -2.64. The van der Waals surface area contributed by atoms with Gasteiger partial charge in [0.05, 0.1) is 19.3 Å². The van der Waals surface area contributed by atoms with Gasteiger partial charge in [-0.2, -0.15) is 0 Å². The van der Waals surface area contributed by atoms with Crippen molar-refractivity contribution in [2.24, 2.45) is 5.92 Å². The zero-order valence-electron chi connectivity index (χ0n) is 17.1. The summed E-state index contributed by atoms with van der Waals surface area (Å²) in [5.74, 6) is 0.979. The Hall–Kier alpha value is -2.61. The Labute approximate surface area is 175 Å². The molecule has 4 fully saturated rings. The number of nitrogens with zero attached hydrogens (tertiary/aromatic N) is 2. The summed E-state index contributed by atoms with van der Waals surface area (Å²) in [6.45, 7) is 1.67. The van der Waals surface area contributed by atoms with Gasteiger partial charge in [-0.1, -0.05) is 0 Å². The van der Waals surface area contributed by atoms with Crippen molar-refractivity contribution in [1.82, 2.24) is 15.1 Å². The van der Waals surface area contributed by atoms with Crippen molar-refractivity contribution in [3.05, 3.63) is 29.8 Å². The number of carbonyl (C=O) groups excluding carboxylic acids is 3. The summed E-state index contributed by atoms with van der Waals surface area (Å²) < 4.78 is 11.1. The Morgan fingerprint density at radius 3 is 2.57 bits per heavy atom. The Kier molecular flexibility index (Phi) is 4.89. The summed E-state index contributed by atoms with van der Waals surface area (Å²) in [7, 11) is 1.57. The SMILES string of the molecule is COc1ccc(C(=O)N[C@H]2CCN3C(=O)[C@@H]4C[C@@H](OCC5CC5)CN4C(=O)[C@H]23)cc1. The standard InChI is InChI=1S/C22H27N3O5/c1-29-15-6-4-14(5-7-15)20(26)23-17-8-9-24-19(17)22(28)25-11-16(10-18(25)21(24)27)30-12-13-2-3-13/h4-7,13,16-19H,2-3,8-12H2,1H3,(H,23,26)/t16-,17+,18+,19+/m1/s1. The molecule has 3 heterocycles. The Morgan fingerprint density at radius 1 is 1.10 bits per heavy atom. The summed E-state index contributed by atoms with van der Waals surface area (Å²) >= 11 is 0. The molecular weight excluding hydrogens is 386 g/mol. The maximum Gasteiger partial charge on any atom is 0.251 e. The van der Waals surface area contributed by atoms with Crippen molar-refractivity contribution in [3.63, 3.8) is 0 Å². The summed E-state index contributed by atoms with van der Waals surface area (Å²) in [6, 6.07) is 5.39. The lowest BCUT2D eigenvalue weighted by molar-refractivity contribution is -0.157. The maximum atomic E-state index is 13.3. The molecule has 0 radical (unpaired) electrons. The highest BCUT2D eigenvalue weighted by Gasteiger charge is 2.55. The minimum Gasteiger partial charge on any atom is -0.497 e. The van der Waals surface area contributed by atoms with E-state index in [1.54, 1.807) is 41.2 Å². The van der Waals surface area contributed by atoms with E-state index in [1.807, 2.05) is 0 Å². The van der Waals surface area contributed by atoms with Gasteiger partial charge in [-0.15, -0.1) is 0 Å². The zero-order chi connectivity index (χ0) is 20.8. The predicted octanol–water partition coefficient (Wildman–Crippen LogP) is 0.804. The van der Waals surface area contributed by atoms with E-state index in [-0.39, 0.29) is 29.9 Å². The fraction of sp³-hybridized carbons (Fsp3) is 0.591. The summed E-state index contributed by atoms with van der Waals surface area (Å²) in [5.41, 5.74) is 0.497. The van der Waals surface area contributed by atoms with Crippen LogP contribution >= 0.6 is 0 Å². The monoisotopic (exact) mass is 413 g/mol. The average Bonchev–Trinajstić information content (AvgIpc) is 3.34. The number of methoxy groups -OCH3 is 1. The van der Waals surface area contributed by atoms with E-state index in [0.29, 0.717) is 43.2 Å². The van der Waals surface area contributed by atoms with Gasteiger partial charge in [0.2, 0.25) is 11.8 Å². The van der Waals surface area contributed by atoms with Crippen LogP contribution in [0.15, 0.2) is 24.3 Å². The molecule has 0 spiro atoms. The topological polar surface area (TPSA) is 88.2 Å². The Morgan fingerprint density at radius 2 is 1.87 bits per heavy atom. The number of hydrogen-bond donors (Lipinski definition) is 1. The number of hydrogen-bond acceptors (Lipinski definition) is 5. The highest BCUT2D eigenvalue weighted by molar-refractivity contribution is 6.00. The molecule has 0 unspecified atom stereocenters.